The Labute approximate surface area is 119 Å². The Kier molecular flexibility index (Phi) is 4.40. The fourth-order valence-corrected chi connectivity index (χ4v) is 7.38. The first-order valence-corrected chi connectivity index (χ1v) is 9.07. The molecule has 2 bridgehead atoms. The normalized spacial score (nSPS) is 36.0. The van der Waals surface area contributed by atoms with E-state index in [1.807, 2.05) is 0 Å². The van der Waals surface area contributed by atoms with Crippen LogP contribution in [0.4, 0.5) is 0 Å². The molecule has 3 heterocycles. The van der Waals surface area contributed by atoms with Gasteiger partial charge in [-0.3, -0.25) is 18.6 Å². The molecule has 0 aromatic heterocycles. The van der Waals surface area contributed by atoms with E-state index >= 15 is 0 Å². The lowest BCUT2D eigenvalue weighted by Gasteiger charge is -2.55. The van der Waals surface area contributed by atoms with E-state index < -0.39 is 8.80 Å². The van der Waals surface area contributed by atoms with Gasteiger partial charge in [-0.25, -0.2) is 0 Å². The minimum absolute atomic E-state index is 0.110. The molecule has 0 N–H and O–H groups in total. The van der Waals surface area contributed by atoms with Crippen molar-refractivity contribution >= 4 is 8.80 Å². The minimum Gasteiger partial charge on any atom is -0.375 e. The number of nitrogens with zero attached hydrogens (tertiary/aromatic N) is 4. The van der Waals surface area contributed by atoms with Crippen LogP contribution in [0.3, 0.4) is 0 Å². The van der Waals surface area contributed by atoms with Crippen molar-refractivity contribution in [2.45, 2.75) is 26.4 Å². The van der Waals surface area contributed by atoms with Crippen molar-refractivity contribution in [2.24, 2.45) is 0 Å². The molecule has 3 saturated heterocycles. The molecule has 3 rings (SSSR count). The second kappa shape index (κ2) is 5.42. The van der Waals surface area contributed by atoms with Crippen LogP contribution in [-0.4, -0.2) is 93.4 Å². The quantitative estimate of drug-likeness (QED) is 0.648. The van der Waals surface area contributed by atoms with E-state index in [1.165, 1.54) is 19.6 Å². The zero-order valence-corrected chi connectivity index (χ0v) is 14.4. The number of hydrogen-bond donors (Lipinski definition) is 0. The maximum atomic E-state index is 6.70. The molecule has 0 spiro atoms. The number of likely N-dealkylation sites (N-methyl/N-ethyl adjacent to an activating group) is 3. The average Bonchev–Trinajstić information content (AvgIpc) is 2.29. The number of hydrogen-bond acceptors (Lipinski definition) is 5. The van der Waals surface area contributed by atoms with Crippen LogP contribution in [0.2, 0.25) is 0 Å². The highest BCUT2D eigenvalue weighted by molar-refractivity contribution is 6.65. The molecule has 3 fully saturated rings. The Hall–Kier alpha value is 0.0169. The Morgan fingerprint density at radius 1 is 0.737 bits per heavy atom. The first-order valence-electron chi connectivity index (χ1n) is 7.32. The summed E-state index contributed by atoms with van der Waals surface area (Å²) in [6.07, 6.45) is 0. The standard InChI is InChI=1S/C13H30N4OSi/c1-13(2,3)18-19-14(4)7-10-17(11-8-15(19)5)12-9-16(19)6/h7-12H2,1-6H3. The molecular weight excluding hydrogens is 256 g/mol. The highest BCUT2D eigenvalue weighted by Gasteiger charge is 2.54. The molecule has 112 valence electrons. The molecule has 0 aromatic rings. The van der Waals surface area contributed by atoms with E-state index in [4.69, 9.17) is 4.43 Å². The maximum absolute atomic E-state index is 6.70. The first-order chi connectivity index (χ1) is 8.75. The van der Waals surface area contributed by atoms with Crippen molar-refractivity contribution in [1.82, 2.24) is 18.6 Å². The van der Waals surface area contributed by atoms with Crippen molar-refractivity contribution in [3.8, 4) is 0 Å². The molecule has 0 atom stereocenters. The van der Waals surface area contributed by atoms with Gasteiger partial charge in [-0.1, -0.05) is 0 Å². The van der Waals surface area contributed by atoms with Crippen molar-refractivity contribution in [1.29, 1.82) is 0 Å². The fraction of sp³-hybridized carbons (Fsp3) is 1.00. The van der Waals surface area contributed by atoms with Crippen LogP contribution < -0.4 is 0 Å². The second-order valence-electron chi connectivity index (χ2n) is 6.89. The molecule has 3 aliphatic heterocycles. The molecule has 5 nitrogen and oxygen atoms in total. The Morgan fingerprint density at radius 3 is 1.42 bits per heavy atom. The van der Waals surface area contributed by atoms with Gasteiger partial charge in [0, 0.05) is 39.3 Å². The van der Waals surface area contributed by atoms with Crippen LogP contribution in [0.5, 0.6) is 0 Å². The van der Waals surface area contributed by atoms with Crippen molar-refractivity contribution in [3.05, 3.63) is 0 Å². The molecule has 0 unspecified atom stereocenters. The van der Waals surface area contributed by atoms with Gasteiger partial charge in [-0.2, -0.15) is 0 Å². The number of fused-ring (bicyclic) bond motifs is 6. The lowest BCUT2D eigenvalue weighted by Crippen LogP contribution is -2.79. The molecule has 6 heteroatoms. The first kappa shape index (κ1) is 15.4. The van der Waals surface area contributed by atoms with Gasteiger partial charge in [0.05, 0.1) is 5.60 Å². The summed E-state index contributed by atoms with van der Waals surface area (Å²) in [4.78, 5) is 2.57. The van der Waals surface area contributed by atoms with Gasteiger partial charge in [-0.05, 0) is 41.9 Å². The molecular formula is C13H30N4OSi. The molecule has 0 aliphatic carbocycles. The third-order valence-electron chi connectivity index (χ3n) is 4.19. The molecule has 0 radical (unpaired) electrons. The molecule has 0 aromatic carbocycles. The Morgan fingerprint density at radius 2 is 1.11 bits per heavy atom. The van der Waals surface area contributed by atoms with Crippen LogP contribution in [-0.2, 0) is 4.43 Å². The van der Waals surface area contributed by atoms with Gasteiger partial charge >= 0.3 is 8.80 Å². The Balaban J connectivity index is 2.38. The third kappa shape index (κ3) is 3.04. The van der Waals surface area contributed by atoms with Crippen molar-refractivity contribution < 1.29 is 4.43 Å². The van der Waals surface area contributed by atoms with Gasteiger partial charge in [0.25, 0.3) is 0 Å². The average molecular weight is 286 g/mol. The third-order valence-corrected chi connectivity index (χ3v) is 8.73. The zero-order chi connectivity index (χ0) is 14.3. The lowest BCUT2D eigenvalue weighted by molar-refractivity contribution is 0.0161. The summed E-state index contributed by atoms with van der Waals surface area (Å²) in [6, 6.07) is 0. The van der Waals surface area contributed by atoms with Crippen LogP contribution in [0, 0.1) is 0 Å². The summed E-state index contributed by atoms with van der Waals surface area (Å²) in [5.41, 5.74) is -0.110. The summed E-state index contributed by atoms with van der Waals surface area (Å²) in [5, 5.41) is 0. The largest absolute Gasteiger partial charge is 0.448 e. The molecule has 19 heavy (non-hydrogen) atoms. The summed E-state index contributed by atoms with van der Waals surface area (Å²) >= 11 is 0. The van der Waals surface area contributed by atoms with Crippen LogP contribution in [0.25, 0.3) is 0 Å². The second-order valence-corrected chi connectivity index (χ2v) is 10.5. The SMILES string of the molecule is CN1CCN2CCN(C)[Si]1(OC(C)(C)C)N(C)CC2. The fourth-order valence-electron chi connectivity index (χ4n) is 3.17. The highest BCUT2D eigenvalue weighted by atomic mass is 28.4. The van der Waals surface area contributed by atoms with Crippen LogP contribution >= 0.6 is 0 Å². The van der Waals surface area contributed by atoms with Crippen LogP contribution in [0.15, 0.2) is 0 Å². The highest BCUT2D eigenvalue weighted by Crippen LogP contribution is 2.27. The maximum Gasteiger partial charge on any atom is 0.448 e. The molecule has 0 amide bonds. The topological polar surface area (TPSA) is 22.2 Å². The lowest BCUT2D eigenvalue weighted by atomic mass is 10.2. The van der Waals surface area contributed by atoms with E-state index in [2.05, 4.69) is 60.5 Å². The summed E-state index contributed by atoms with van der Waals surface area (Å²) < 4.78 is 14.2. The number of rotatable bonds is 1. The van der Waals surface area contributed by atoms with Crippen LogP contribution in [0.1, 0.15) is 20.8 Å². The van der Waals surface area contributed by atoms with Crippen molar-refractivity contribution in [2.75, 3.05) is 60.4 Å². The van der Waals surface area contributed by atoms with Gasteiger partial charge in [-0.15, -0.1) is 0 Å². The summed E-state index contributed by atoms with van der Waals surface area (Å²) in [5.74, 6) is 0. The van der Waals surface area contributed by atoms with Gasteiger partial charge in [0.15, 0.2) is 0 Å². The smallest absolute Gasteiger partial charge is 0.375 e. The predicted octanol–water partition coefficient (Wildman–Crippen LogP) is 0.362. The molecule has 0 saturated carbocycles. The van der Waals surface area contributed by atoms with E-state index in [0.29, 0.717) is 0 Å². The minimum atomic E-state index is -2.20. The predicted molar refractivity (Wildman–Crippen MR) is 80.9 cm³/mol. The van der Waals surface area contributed by atoms with Gasteiger partial charge in [0.2, 0.25) is 0 Å². The Bertz CT molecular complexity index is 284. The summed E-state index contributed by atoms with van der Waals surface area (Å²) in [7, 11) is 4.51. The van der Waals surface area contributed by atoms with Gasteiger partial charge in [0.1, 0.15) is 0 Å². The monoisotopic (exact) mass is 286 g/mol. The van der Waals surface area contributed by atoms with E-state index in [0.717, 1.165) is 19.6 Å². The molecule has 3 aliphatic rings. The van der Waals surface area contributed by atoms with E-state index in [-0.39, 0.29) is 5.60 Å². The van der Waals surface area contributed by atoms with E-state index in [9.17, 15) is 0 Å². The van der Waals surface area contributed by atoms with Gasteiger partial charge < -0.3 is 4.43 Å². The summed E-state index contributed by atoms with van der Waals surface area (Å²) in [6.45, 7) is 13.3. The van der Waals surface area contributed by atoms with Crippen molar-refractivity contribution in [3.63, 3.8) is 0 Å². The zero-order valence-electron chi connectivity index (χ0n) is 13.4. The van der Waals surface area contributed by atoms with E-state index in [1.54, 1.807) is 0 Å².